The molecule has 1 rings (SSSR count). The average Bonchev–Trinajstić information content (AvgIpc) is 3.02. The van der Waals surface area contributed by atoms with Gasteiger partial charge in [-0.2, -0.15) is 13.2 Å². The summed E-state index contributed by atoms with van der Waals surface area (Å²) in [7, 11) is 0. The third kappa shape index (κ3) is 7.17. The van der Waals surface area contributed by atoms with E-state index in [1.54, 1.807) is 20.8 Å². The molecule has 1 atom stereocenters. The highest BCUT2D eigenvalue weighted by Crippen LogP contribution is 2.27. The van der Waals surface area contributed by atoms with Gasteiger partial charge in [-0.3, -0.25) is 5.32 Å². The van der Waals surface area contributed by atoms with E-state index in [1.807, 2.05) is 0 Å². The van der Waals surface area contributed by atoms with Crippen LogP contribution in [0.15, 0.2) is 6.20 Å². The number of H-pyrrole nitrogens is 1. The van der Waals surface area contributed by atoms with Crippen molar-refractivity contribution >= 4 is 35.1 Å². The van der Waals surface area contributed by atoms with Crippen LogP contribution in [0.2, 0.25) is 0 Å². The van der Waals surface area contributed by atoms with Crippen LogP contribution in [0.3, 0.4) is 0 Å². The first-order chi connectivity index (χ1) is 14.1. The predicted octanol–water partition coefficient (Wildman–Crippen LogP) is 3.69. The zero-order valence-corrected chi connectivity index (χ0v) is 18.0. The van der Waals surface area contributed by atoms with Gasteiger partial charge in [-0.1, -0.05) is 6.92 Å². The van der Waals surface area contributed by atoms with Gasteiger partial charge in [-0.25, -0.2) is 9.59 Å². The lowest BCUT2D eigenvalue weighted by Crippen LogP contribution is -2.46. The SMILES string of the molecule is CCOC(=O)NC(=S)N(CCOC(CC)C(F)(F)F)c1c(C)c[nH]c1C(=O)OCC. The number of carbonyl (C=O) groups is 2. The van der Waals surface area contributed by atoms with Gasteiger partial charge >= 0.3 is 18.2 Å². The minimum atomic E-state index is -4.51. The Morgan fingerprint density at radius 2 is 1.87 bits per heavy atom. The van der Waals surface area contributed by atoms with Gasteiger partial charge in [0.2, 0.25) is 0 Å². The van der Waals surface area contributed by atoms with Crippen LogP contribution in [0.25, 0.3) is 0 Å². The lowest BCUT2D eigenvalue weighted by Gasteiger charge is -2.27. The van der Waals surface area contributed by atoms with Gasteiger partial charge in [0.15, 0.2) is 11.2 Å². The molecule has 0 fully saturated rings. The summed E-state index contributed by atoms with van der Waals surface area (Å²) in [6.07, 6.45) is -6.02. The summed E-state index contributed by atoms with van der Waals surface area (Å²) in [6.45, 7) is 5.95. The highest BCUT2D eigenvalue weighted by Gasteiger charge is 2.39. The van der Waals surface area contributed by atoms with Crippen molar-refractivity contribution in [2.45, 2.75) is 46.4 Å². The number of amides is 1. The molecule has 0 radical (unpaired) electrons. The quantitative estimate of drug-likeness (QED) is 0.435. The van der Waals surface area contributed by atoms with Gasteiger partial charge in [0.25, 0.3) is 0 Å². The molecule has 0 saturated heterocycles. The standard InChI is InChI=1S/C18H26F3N3O5S/c1-5-12(18(19,20)21)29-9-8-24(16(30)23-17(26)28-7-3)14-11(4)10-22-13(14)15(25)27-6-2/h10,12,22H,5-9H2,1-4H3,(H,23,26,30). The van der Waals surface area contributed by atoms with Crippen molar-refractivity contribution in [3.8, 4) is 0 Å². The van der Waals surface area contributed by atoms with Gasteiger partial charge in [-0.05, 0) is 45.0 Å². The summed E-state index contributed by atoms with van der Waals surface area (Å²) in [6, 6.07) is 0. The topological polar surface area (TPSA) is 92.9 Å². The Morgan fingerprint density at radius 3 is 2.40 bits per heavy atom. The van der Waals surface area contributed by atoms with Gasteiger partial charge in [0.1, 0.15) is 5.69 Å². The number of carbonyl (C=O) groups excluding carboxylic acids is 2. The molecule has 0 aliphatic rings. The van der Waals surface area contributed by atoms with Crippen molar-refractivity contribution in [1.29, 1.82) is 0 Å². The lowest BCUT2D eigenvalue weighted by atomic mass is 10.2. The number of hydrogen-bond acceptors (Lipinski definition) is 6. The third-order valence-electron chi connectivity index (χ3n) is 3.89. The Hall–Kier alpha value is -2.34. The van der Waals surface area contributed by atoms with Crippen LogP contribution in [0.4, 0.5) is 23.7 Å². The predicted molar refractivity (Wildman–Crippen MR) is 108 cm³/mol. The summed E-state index contributed by atoms with van der Waals surface area (Å²) < 4.78 is 53.6. The molecule has 1 heterocycles. The maximum atomic E-state index is 12.9. The third-order valence-corrected chi connectivity index (χ3v) is 4.21. The molecule has 2 N–H and O–H groups in total. The Kier molecular flexibility index (Phi) is 10.1. The van der Waals surface area contributed by atoms with Crippen LogP contribution < -0.4 is 10.2 Å². The number of esters is 1. The summed E-state index contributed by atoms with van der Waals surface area (Å²) in [5.74, 6) is -0.674. The van der Waals surface area contributed by atoms with E-state index in [9.17, 15) is 22.8 Å². The first-order valence-corrected chi connectivity index (χ1v) is 9.76. The largest absolute Gasteiger partial charge is 0.461 e. The van der Waals surface area contributed by atoms with E-state index < -0.39 is 24.3 Å². The second-order valence-electron chi connectivity index (χ2n) is 6.03. The highest BCUT2D eigenvalue weighted by molar-refractivity contribution is 7.80. The molecule has 0 aromatic carbocycles. The molecule has 1 aromatic rings. The van der Waals surface area contributed by atoms with E-state index in [-0.39, 0.29) is 49.3 Å². The van der Waals surface area contributed by atoms with Crippen LogP contribution in [-0.4, -0.2) is 60.8 Å². The monoisotopic (exact) mass is 453 g/mol. The summed E-state index contributed by atoms with van der Waals surface area (Å²) in [5.41, 5.74) is 0.873. The van der Waals surface area contributed by atoms with E-state index in [0.29, 0.717) is 5.56 Å². The van der Waals surface area contributed by atoms with Crippen LogP contribution in [0, 0.1) is 6.92 Å². The fourth-order valence-electron chi connectivity index (χ4n) is 2.59. The minimum absolute atomic E-state index is 0.0465. The Morgan fingerprint density at radius 1 is 1.23 bits per heavy atom. The van der Waals surface area contributed by atoms with Crippen LogP contribution in [-0.2, 0) is 14.2 Å². The molecule has 1 unspecified atom stereocenters. The van der Waals surface area contributed by atoms with E-state index in [0.717, 1.165) is 0 Å². The smallest absolute Gasteiger partial charge is 0.414 e. The van der Waals surface area contributed by atoms with E-state index in [1.165, 1.54) is 18.0 Å². The minimum Gasteiger partial charge on any atom is -0.461 e. The van der Waals surface area contributed by atoms with Gasteiger partial charge < -0.3 is 24.1 Å². The van der Waals surface area contributed by atoms with Gasteiger partial charge in [0, 0.05) is 12.7 Å². The number of nitrogens with one attached hydrogen (secondary N) is 2. The fourth-order valence-corrected chi connectivity index (χ4v) is 2.85. The number of thiocarbonyl (C=S) groups is 1. The van der Waals surface area contributed by atoms with E-state index >= 15 is 0 Å². The zero-order chi connectivity index (χ0) is 22.9. The van der Waals surface area contributed by atoms with Crippen molar-refractivity contribution in [2.75, 3.05) is 31.3 Å². The maximum absolute atomic E-state index is 12.9. The fraction of sp³-hybridized carbons (Fsp3) is 0.611. The van der Waals surface area contributed by atoms with Crippen molar-refractivity contribution in [2.24, 2.45) is 0 Å². The number of hydrogen-bond donors (Lipinski definition) is 2. The number of halogens is 3. The zero-order valence-electron chi connectivity index (χ0n) is 17.2. The molecule has 0 saturated carbocycles. The second-order valence-corrected chi connectivity index (χ2v) is 6.41. The molecule has 30 heavy (non-hydrogen) atoms. The Balaban J connectivity index is 3.13. The maximum Gasteiger partial charge on any atom is 0.414 e. The Labute approximate surface area is 178 Å². The van der Waals surface area contributed by atoms with Crippen LogP contribution in [0.1, 0.15) is 43.2 Å². The molecule has 0 aliphatic heterocycles. The second kappa shape index (κ2) is 11.7. The molecule has 0 aliphatic carbocycles. The van der Waals surface area contributed by atoms with Crippen LogP contribution >= 0.6 is 12.2 Å². The number of anilines is 1. The summed E-state index contributed by atoms with van der Waals surface area (Å²) >= 11 is 5.24. The number of ether oxygens (including phenoxy) is 3. The molecule has 170 valence electrons. The van der Waals surface area contributed by atoms with Crippen LogP contribution in [0.5, 0.6) is 0 Å². The molecule has 0 spiro atoms. The van der Waals surface area contributed by atoms with Crippen molar-refractivity contribution in [3.05, 3.63) is 17.5 Å². The highest BCUT2D eigenvalue weighted by atomic mass is 32.1. The van der Waals surface area contributed by atoms with Gasteiger partial charge in [-0.15, -0.1) is 0 Å². The number of nitrogens with zero attached hydrogens (tertiary/aromatic N) is 1. The van der Waals surface area contributed by atoms with Crippen molar-refractivity contribution < 1.29 is 37.0 Å². The number of aromatic nitrogens is 1. The summed E-state index contributed by atoms with van der Waals surface area (Å²) in [4.78, 5) is 28.1. The first-order valence-electron chi connectivity index (χ1n) is 9.35. The normalized spacial score (nSPS) is 12.2. The molecular weight excluding hydrogens is 427 g/mol. The van der Waals surface area contributed by atoms with Crippen molar-refractivity contribution in [3.63, 3.8) is 0 Å². The lowest BCUT2D eigenvalue weighted by molar-refractivity contribution is -0.220. The molecular formula is C18H26F3N3O5S. The summed E-state index contributed by atoms with van der Waals surface area (Å²) in [5, 5.41) is 2.17. The molecule has 1 aromatic heterocycles. The van der Waals surface area contributed by atoms with E-state index in [2.05, 4.69) is 10.3 Å². The van der Waals surface area contributed by atoms with Crippen molar-refractivity contribution in [1.82, 2.24) is 10.3 Å². The number of alkyl halides is 3. The first kappa shape index (κ1) is 25.7. The van der Waals surface area contributed by atoms with Gasteiger partial charge in [0.05, 0.1) is 25.5 Å². The number of rotatable bonds is 9. The Bertz CT molecular complexity index is 739. The number of aromatic amines is 1. The molecule has 8 nitrogen and oxygen atoms in total. The number of aryl methyl sites for hydroxylation is 1. The molecule has 1 amide bonds. The number of alkyl carbamates (subject to hydrolysis) is 1. The molecule has 12 heteroatoms. The molecule has 0 bridgehead atoms. The average molecular weight is 453 g/mol. The van der Waals surface area contributed by atoms with E-state index in [4.69, 9.17) is 26.4 Å².